The van der Waals surface area contributed by atoms with Crippen LogP contribution in [0, 0.1) is 6.92 Å². The molecule has 0 saturated carbocycles. The lowest BCUT2D eigenvalue weighted by atomic mass is 10.0. The SMILES string of the molecule is CCOc1cc(CN2CCC(NC(=O)c3cncc(C)c3)CC2)ccc1-n1ccnc1. The average molecular weight is 420 g/mol. The number of imidazole rings is 1. The van der Waals surface area contributed by atoms with Crippen LogP contribution >= 0.6 is 0 Å². The summed E-state index contributed by atoms with van der Waals surface area (Å²) >= 11 is 0. The summed E-state index contributed by atoms with van der Waals surface area (Å²) in [6.45, 7) is 7.32. The van der Waals surface area contributed by atoms with E-state index < -0.39 is 0 Å². The van der Waals surface area contributed by atoms with Gasteiger partial charge in [0.2, 0.25) is 0 Å². The standard InChI is InChI=1S/C24H29N5O2/c1-3-31-23-13-19(4-5-22(23)29-11-8-25-17-29)16-28-9-6-21(7-10-28)27-24(30)20-12-18(2)14-26-15-20/h4-5,8,11-15,17,21H,3,6-7,9-10,16H2,1-2H3,(H,27,30). The second-order valence-electron chi connectivity index (χ2n) is 7.98. The number of amides is 1. The number of carbonyl (C=O) groups is 1. The highest BCUT2D eigenvalue weighted by Gasteiger charge is 2.22. The molecule has 0 atom stereocenters. The summed E-state index contributed by atoms with van der Waals surface area (Å²) in [5, 5.41) is 3.16. The lowest BCUT2D eigenvalue weighted by Crippen LogP contribution is -2.44. The highest BCUT2D eigenvalue weighted by molar-refractivity contribution is 5.94. The number of nitrogens with one attached hydrogen (secondary N) is 1. The van der Waals surface area contributed by atoms with Crippen molar-refractivity contribution in [2.24, 2.45) is 0 Å². The Morgan fingerprint density at radius 1 is 1.19 bits per heavy atom. The molecule has 1 aliphatic heterocycles. The molecule has 4 rings (SSSR count). The van der Waals surface area contributed by atoms with Gasteiger partial charge in [-0.25, -0.2) is 4.98 Å². The second-order valence-corrected chi connectivity index (χ2v) is 7.98. The van der Waals surface area contributed by atoms with Gasteiger partial charge in [0.05, 0.1) is 24.2 Å². The zero-order valence-electron chi connectivity index (χ0n) is 18.1. The van der Waals surface area contributed by atoms with Crippen molar-refractivity contribution in [2.75, 3.05) is 19.7 Å². The minimum Gasteiger partial charge on any atom is -0.492 e. The molecule has 7 nitrogen and oxygen atoms in total. The third-order valence-electron chi connectivity index (χ3n) is 5.57. The van der Waals surface area contributed by atoms with Gasteiger partial charge in [-0.15, -0.1) is 0 Å². The minimum absolute atomic E-state index is 0.0360. The number of pyridine rings is 1. The van der Waals surface area contributed by atoms with Crippen molar-refractivity contribution in [2.45, 2.75) is 39.3 Å². The quantitative estimate of drug-likeness (QED) is 0.636. The molecule has 31 heavy (non-hydrogen) atoms. The van der Waals surface area contributed by atoms with Gasteiger partial charge in [0.1, 0.15) is 5.75 Å². The van der Waals surface area contributed by atoms with Gasteiger partial charge in [0.15, 0.2) is 0 Å². The van der Waals surface area contributed by atoms with Crippen LogP contribution in [0.5, 0.6) is 5.75 Å². The molecule has 7 heteroatoms. The number of ether oxygens (including phenoxy) is 1. The third-order valence-corrected chi connectivity index (χ3v) is 5.57. The summed E-state index contributed by atoms with van der Waals surface area (Å²) in [5.41, 5.74) is 3.84. The normalized spacial score (nSPS) is 15.0. The van der Waals surface area contributed by atoms with Gasteiger partial charge in [0, 0.05) is 50.5 Å². The summed E-state index contributed by atoms with van der Waals surface area (Å²) in [6, 6.07) is 8.44. The highest BCUT2D eigenvalue weighted by Crippen LogP contribution is 2.26. The summed E-state index contributed by atoms with van der Waals surface area (Å²) in [5.74, 6) is 0.831. The summed E-state index contributed by atoms with van der Waals surface area (Å²) < 4.78 is 7.85. The van der Waals surface area contributed by atoms with Crippen LogP contribution in [0.15, 0.2) is 55.4 Å². The Labute approximate surface area is 183 Å². The van der Waals surface area contributed by atoms with Crippen LogP contribution in [-0.4, -0.2) is 51.1 Å². The zero-order valence-corrected chi connectivity index (χ0v) is 18.1. The zero-order chi connectivity index (χ0) is 21.6. The first-order valence-corrected chi connectivity index (χ1v) is 10.8. The van der Waals surface area contributed by atoms with E-state index in [4.69, 9.17) is 4.74 Å². The molecular formula is C24H29N5O2. The van der Waals surface area contributed by atoms with Crippen molar-refractivity contribution in [3.63, 3.8) is 0 Å². The maximum Gasteiger partial charge on any atom is 0.253 e. The van der Waals surface area contributed by atoms with Gasteiger partial charge in [-0.3, -0.25) is 14.7 Å². The number of carbonyl (C=O) groups excluding carboxylic acids is 1. The van der Waals surface area contributed by atoms with Crippen molar-refractivity contribution in [1.29, 1.82) is 0 Å². The van der Waals surface area contributed by atoms with Gasteiger partial charge in [-0.1, -0.05) is 6.07 Å². The van der Waals surface area contributed by atoms with E-state index in [0.717, 1.165) is 49.5 Å². The first-order chi connectivity index (χ1) is 15.1. The van der Waals surface area contributed by atoms with Crippen LogP contribution in [0.1, 0.15) is 41.3 Å². The van der Waals surface area contributed by atoms with E-state index in [-0.39, 0.29) is 11.9 Å². The van der Waals surface area contributed by atoms with Crippen LogP contribution in [0.25, 0.3) is 5.69 Å². The number of hydrogen-bond donors (Lipinski definition) is 1. The molecule has 1 fully saturated rings. The van der Waals surface area contributed by atoms with Crippen LogP contribution < -0.4 is 10.1 Å². The van der Waals surface area contributed by atoms with E-state index >= 15 is 0 Å². The molecule has 0 bridgehead atoms. The smallest absolute Gasteiger partial charge is 0.253 e. The van der Waals surface area contributed by atoms with E-state index in [2.05, 4.69) is 38.4 Å². The lowest BCUT2D eigenvalue weighted by Gasteiger charge is -2.32. The third kappa shape index (κ3) is 5.30. The second kappa shape index (κ2) is 9.75. The Kier molecular flexibility index (Phi) is 6.62. The van der Waals surface area contributed by atoms with Crippen molar-refractivity contribution in [3.05, 3.63) is 72.1 Å². The minimum atomic E-state index is -0.0360. The Morgan fingerprint density at radius 2 is 2.03 bits per heavy atom. The van der Waals surface area contributed by atoms with Crippen molar-refractivity contribution < 1.29 is 9.53 Å². The average Bonchev–Trinajstić information content (AvgIpc) is 3.30. The first kappa shape index (κ1) is 21.1. The van der Waals surface area contributed by atoms with Crippen LogP contribution in [-0.2, 0) is 6.54 Å². The fourth-order valence-electron chi connectivity index (χ4n) is 3.98. The lowest BCUT2D eigenvalue weighted by molar-refractivity contribution is 0.0908. The van der Waals surface area contributed by atoms with Crippen LogP contribution in [0.3, 0.4) is 0 Å². The van der Waals surface area contributed by atoms with Gasteiger partial charge >= 0.3 is 0 Å². The molecule has 1 saturated heterocycles. The number of piperidine rings is 1. The molecule has 1 amide bonds. The molecule has 162 valence electrons. The van der Waals surface area contributed by atoms with Crippen LogP contribution in [0.4, 0.5) is 0 Å². The molecule has 3 aromatic rings. The van der Waals surface area contributed by atoms with Gasteiger partial charge in [0.25, 0.3) is 5.91 Å². The monoisotopic (exact) mass is 419 g/mol. The molecule has 1 N–H and O–H groups in total. The van der Waals surface area contributed by atoms with E-state index in [1.54, 1.807) is 24.9 Å². The fraction of sp³-hybridized carbons (Fsp3) is 0.375. The maximum atomic E-state index is 12.5. The van der Waals surface area contributed by atoms with E-state index in [1.807, 2.05) is 30.7 Å². The number of benzene rings is 1. The summed E-state index contributed by atoms with van der Waals surface area (Å²) in [6.07, 6.45) is 10.7. The Balaban J connectivity index is 1.33. The van der Waals surface area contributed by atoms with Crippen molar-refractivity contribution in [3.8, 4) is 11.4 Å². The number of likely N-dealkylation sites (tertiary alicyclic amines) is 1. The summed E-state index contributed by atoms with van der Waals surface area (Å²) in [4.78, 5) is 23.2. The van der Waals surface area contributed by atoms with Crippen LogP contribution in [0.2, 0.25) is 0 Å². The maximum absolute atomic E-state index is 12.5. The molecule has 0 radical (unpaired) electrons. The predicted molar refractivity (Wildman–Crippen MR) is 119 cm³/mol. The fourth-order valence-corrected chi connectivity index (χ4v) is 3.98. The van der Waals surface area contributed by atoms with Gasteiger partial charge in [-0.05, 0) is 56.0 Å². The topological polar surface area (TPSA) is 72.3 Å². The number of aromatic nitrogens is 3. The first-order valence-electron chi connectivity index (χ1n) is 10.8. The number of aryl methyl sites for hydroxylation is 1. The van der Waals surface area contributed by atoms with Crippen molar-refractivity contribution >= 4 is 5.91 Å². The molecule has 0 unspecified atom stereocenters. The Morgan fingerprint density at radius 3 is 2.74 bits per heavy atom. The van der Waals surface area contributed by atoms with Crippen molar-refractivity contribution in [1.82, 2.24) is 24.8 Å². The molecule has 3 heterocycles. The molecular weight excluding hydrogens is 390 g/mol. The van der Waals surface area contributed by atoms with Gasteiger partial charge < -0.3 is 14.6 Å². The Bertz CT molecular complexity index is 1010. The molecule has 1 aromatic carbocycles. The Hall–Kier alpha value is -3.19. The molecule has 0 aliphatic carbocycles. The number of rotatable bonds is 7. The van der Waals surface area contributed by atoms with Gasteiger partial charge in [-0.2, -0.15) is 0 Å². The molecule has 2 aromatic heterocycles. The van der Waals surface area contributed by atoms with E-state index in [0.29, 0.717) is 12.2 Å². The largest absolute Gasteiger partial charge is 0.492 e. The van der Waals surface area contributed by atoms with E-state index in [9.17, 15) is 4.79 Å². The number of hydrogen-bond acceptors (Lipinski definition) is 5. The molecule has 1 aliphatic rings. The summed E-state index contributed by atoms with van der Waals surface area (Å²) in [7, 11) is 0. The molecule has 0 spiro atoms. The number of nitrogens with zero attached hydrogens (tertiary/aromatic N) is 4. The van der Waals surface area contributed by atoms with E-state index in [1.165, 1.54) is 5.56 Å². The predicted octanol–water partition coefficient (Wildman–Crippen LogP) is 3.37. The highest BCUT2D eigenvalue weighted by atomic mass is 16.5.